The van der Waals surface area contributed by atoms with Gasteiger partial charge in [0.1, 0.15) is 0 Å². The van der Waals surface area contributed by atoms with Crippen molar-refractivity contribution in [3.05, 3.63) is 64.9 Å². The van der Waals surface area contributed by atoms with Crippen molar-refractivity contribution in [3.63, 3.8) is 0 Å². The standard InChI is InChI=1S/C19H20ClFN2O3/c1-12(2)18(13-7-9-14(20)10-8-13)19(25)23-22-17(24)11-26-16-6-4-3-5-15(16)21/h3-10,12,18H,11H2,1-2H3,(H,22,24)(H,23,25)/t18-/m0/s1. The Kier molecular flexibility index (Phi) is 6.97. The van der Waals surface area contributed by atoms with Crippen LogP contribution >= 0.6 is 11.6 Å². The fourth-order valence-corrected chi connectivity index (χ4v) is 2.59. The highest BCUT2D eigenvalue weighted by Gasteiger charge is 2.24. The molecule has 7 heteroatoms. The highest BCUT2D eigenvalue weighted by atomic mass is 35.5. The van der Waals surface area contributed by atoms with Crippen molar-refractivity contribution in [2.24, 2.45) is 5.92 Å². The Morgan fingerprint density at radius 2 is 1.73 bits per heavy atom. The van der Waals surface area contributed by atoms with Crippen LogP contribution in [0.1, 0.15) is 25.3 Å². The molecule has 2 rings (SSSR count). The number of carbonyl (C=O) groups excluding carboxylic acids is 2. The Balaban J connectivity index is 1.90. The highest BCUT2D eigenvalue weighted by Crippen LogP contribution is 2.25. The Morgan fingerprint density at radius 1 is 1.08 bits per heavy atom. The Hall–Kier alpha value is -2.60. The van der Waals surface area contributed by atoms with Gasteiger partial charge in [-0.15, -0.1) is 0 Å². The van der Waals surface area contributed by atoms with Gasteiger partial charge in [-0.25, -0.2) is 4.39 Å². The van der Waals surface area contributed by atoms with E-state index in [4.69, 9.17) is 16.3 Å². The van der Waals surface area contributed by atoms with Gasteiger partial charge >= 0.3 is 0 Å². The maximum absolute atomic E-state index is 13.4. The molecule has 5 nitrogen and oxygen atoms in total. The third kappa shape index (κ3) is 5.46. The average Bonchev–Trinajstić information content (AvgIpc) is 2.61. The molecular formula is C19H20ClFN2O3. The van der Waals surface area contributed by atoms with Crippen LogP contribution in [0.4, 0.5) is 4.39 Å². The zero-order valence-corrected chi connectivity index (χ0v) is 15.2. The topological polar surface area (TPSA) is 67.4 Å². The number of rotatable bonds is 6. The van der Waals surface area contributed by atoms with E-state index in [1.165, 1.54) is 18.2 Å². The fourth-order valence-electron chi connectivity index (χ4n) is 2.46. The highest BCUT2D eigenvalue weighted by molar-refractivity contribution is 6.30. The largest absolute Gasteiger partial charge is 0.481 e. The molecule has 26 heavy (non-hydrogen) atoms. The van der Waals surface area contributed by atoms with E-state index in [1.807, 2.05) is 13.8 Å². The second kappa shape index (κ2) is 9.20. The van der Waals surface area contributed by atoms with E-state index in [1.54, 1.807) is 30.3 Å². The molecule has 0 unspecified atom stereocenters. The lowest BCUT2D eigenvalue weighted by Gasteiger charge is -2.21. The number of hydrazine groups is 1. The predicted octanol–water partition coefficient (Wildman–Crippen LogP) is 3.45. The smallest absolute Gasteiger partial charge is 0.276 e. The lowest BCUT2D eigenvalue weighted by atomic mass is 9.88. The summed E-state index contributed by atoms with van der Waals surface area (Å²) < 4.78 is 18.5. The van der Waals surface area contributed by atoms with E-state index >= 15 is 0 Å². The Morgan fingerprint density at radius 3 is 2.35 bits per heavy atom. The molecule has 0 aliphatic carbocycles. The Labute approximate surface area is 156 Å². The first-order valence-corrected chi connectivity index (χ1v) is 8.47. The molecule has 1 atom stereocenters. The molecule has 0 saturated heterocycles. The van der Waals surface area contributed by atoms with Crippen LogP contribution in [0.25, 0.3) is 0 Å². The maximum atomic E-state index is 13.4. The van der Waals surface area contributed by atoms with E-state index in [9.17, 15) is 14.0 Å². The number of para-hydroxylation sites is 1. The average molecular weight is 379 g/mol. The molecular weight excluding hydrogens is 359 g/mol. The summed E-state index contributed by atoms with van der Waals surface area (Å²) in [4.78, 5) is 24.3. The van der Waals surface area contributed by atoms with Gasteiger partial charge in [-0.05, 0) is 35.7 Å². The molecule has 0 aliphatic heterocycles. The van der Waals surface area contributed by atoms with E-state index in [2.05, 4.69) is 10.9 Å². The quantitative estimate of drug-likeness (QED) is 0.756. The molecule has 0 heterocycles. The zero-order valence-electron chi connectivity index (χ0n) is 14.5. The van der Waals surface area contributed by atoms with Gasteiger partial charge in [0.15, 0.2) is 18.2 Å². The minimum absolute atomic E-state index is 0.00254. The molecule has 2 aromatic carbocycles. The molecule has 0 aromatic heterocycles. The van der Waals surface area contributed by atoms with Crippen LogP contribution in [0.2, 0.25) is 5.02 Å². The number of amides is 2. The van der Waals surface area contributed by atoms with Gasteiger partial charge in [-0.1, -0.05) is 49.7 Å². The van der Waals surface area contributed by atoms with E-state index in [0.29, 0.717) is 5.02 Å². The van der Waals surface area contributed by atoms with Crippen LogP contribution in [0.3, 0.4) is 0 Å². The fraction of sp³-hybridized carbons (Fsp3) is 0.263. The lowest BCUT2D eigenvalue weighted by molar-refractivity contribution is -0.131. The number of benzene rings is 2. The maximum Gasteiger partial charge on any atom is 0.276 e. The van der Waals surface area contributed by atoms with Crippen LogP contribution in [0, 0.1) is 11.7 Å². The van der Waals surface area contributed by atoms with Gasteiger partial charge in [-0.3, -0.25) is 20.4 Å². The Bertz CT molecular complexity index is 766. The van der Waals surface area contributed by atoms with Crippen molar-refractivity contribution < 1.29 is 18.7 Å². The van der Waals surface area contributed by atoms with Crippen molar-refractivity contribution in [1.82, 2.24) is 10.9 Å². The third-order valence-corrected chi connectivity index (χ3v) is 3.95. The molecule has 2 amide bonds. The molecule has 0 spiro atoms. The zero-order chi connectivity index (χ0) is 19.1. The van der Waals surface area contributed by atoms with E-state index in [0.717, 1.165) is 5.56 Å². The molecule has 2 aromatic rings. The predicted molar refractivity (Wildman–Crippen MR) is 97.2 cm³/mol. The minimum atomic E-state index is -0.597. The number of carbonyl (C=O) groups is 2. The van der Waals surface area contributed by atoms with Crippen molar-refractivity contribution in [1.29, 1.82) is 0 Å². The number of nitrogens with one attached hydrogen (secondary N) is 2. The van der Waals surface area contributed by atoms with Gasteiger partial charge in [-0.2, -0.15) is 0 Å². The molecule has 138 valence electrons. The van der Waals surface area contributed by atoms with Crippen molar-refractivity contribution >= 4 is 23.4 Å². The van der Waals surface area contributed by atoms with Crippen LogP contribution in [0.5, 0.6) is 5.75 Å². The molecule has 0 saturated carbocycles. The number of hydrogen-bond acceptors (Lipinski definition) is 3. The van der Waals surface area contributed by atoms with Gasteiger partial charge in [0.25, 0.3) is 5.91 Å². The third-order valence-electron chi connectivity index (χ3n) is 3.70. The molecule has 0 radical (unpaired) electrons. The number of ether oxygens (including phenoxy) is 1. The summed E-state index contributed by atoms with van der Waals surface area (Å²) in [5.74, 6) is -2.01. The first-order chi connectivity index (χ1) is 12.4. The summed E-state index contributed by atoms with van der Waals surface area (Å²) in [5, 5.41) is 0.579. The summed E-state index contributed by atoms with van der Waals surface area (Å²) in [6.45, 7) is 3.39. The van der Waals surface area contributed by atoms with Gasteiger partial charge in [0, 0.05) is 5.02 Å². The van der Waals surface area contributed by atoms with E-state index in [-0.39, 0.29) is 17.6 Å². The molecule has 0 bridgehead atoms. The summed E-state index contributed by atoms with van der Waals surface area (Å²) in [6, 6.07) is 12.7. The van der Waals surface area contributed by atoms with Crippen LogP contribution in [-0.4, -0.2) is 18.4 Å². The van der Waals surface area contributed by atoms with E-state index < -0.39 is 24.2 Å². The number of halogens is 2. The SMILES string of the molecule is CC(C)[C@H](C(=O)NNC(=O)COc1ccccc1F)c1ccc(Cl)cc1. The summed E-state index contributed by atoms with van der Waals surface area (Å²) in [5.41, 5.74) is 5.45. The summed E-state index contributed by atoms with van der Waals surface area (Å²) >= 11 is 5.88. The van der Waals surface area contributed by atoms with Crippen LogP contribution in [-0.2, 0) is 9.59 Å². The second-order valence-corrected chi connectivity index (χ2v) is 6.47. The van der Waals surface area contributed by atoms with Crippen molar-refractivity contribution in [2.45, 2.75) is 19.8 Å². The molecule has 0 aliphatic rings. The van der Waals surface area contributed by atoms with Crippen LogP contribution < -0.4 is 15.6 Å². The number of hydrogen-bond donors (Lipinski definition) is 2. The summed E-state index contributed by atoms with van der Waals surface area (Å²) in [7, 11) is 0. The van der Waals surface area contributed by atoms with Crippen molar-refractivity contribution in [2.75, 3.05) is 6.61 Å². The first kappa shape index (κ1) is 19.7. The molecule has 0 fully saturated rings. The lowest BCUT2D eigenvalue weighted by Crippen LogP contribution is -2.46. The normalized spacial score (nSPS) is 11.7. The van der Waals surface area contributed by atoms with Crippen LogP contribution in [0.15, 0.2) is 48.5 Å². The first-order valence-electron chi connectivity index (χ1n) is 8.10. The van der Waals surface area contributed by atoms with Gasteiger partial charge in [0.05, 0.1) is 5.92 Å². The van der Waals surface area contributed by atoms with Gasteiger partial charge < -0.3 is 4.74 Å². The summed E-state index contributed by atoms with van der Waals surface area (Å²) in [6.07, 6.45) is 0. The second-order valence-electron chi connectivity index (χ2n) is 6.03. The van der Waals surface area contributed by atoms with Gasteiger partial charge in [0.2, 0.25) is 5.91 Å². The monoisotopic (exact) mass is 378 g/mol. The van der Waals surface area contributed by atoms with Crippen molar-refractivity contribution in [3.8, 4) is 5.75 Å². The molecule has 2 N–H and O–H groups in total. The minimum Gasteiger partial charge on any atom is -0.481 e.